The van der Waals surface area contributed by atoms with Gasteiger partial charge in [0.2, 0.25) is 11.8 Å². The minimum absolute atomic E-state index is 0.0902. The Hall–Kier alpha value is -5.83. The number of imide groups is 1. The molecule has 4 aliphatic rings. The number of nitrogens with zero attached hydrogens (tertiary/aromatic N) is 7. The number of anilines is 2. The van der Waals surface area contributed by atoms with Gasteiger partial charge in [-0.25, -0.2) is 19.2 Å². The molecule has 0 spiro atoms. The zero-order valence-electron chi connectivity index (χ0n) is 33.2. The van der Waals surface area contributed by atoms with E-state index in [9.17, 15) is 19.2 Å². The number of piperidine rings is 1. The van der Waals surface area contributed by atoms with E-state index in [0.717, 1.165) is 93.4 Å². The highest BCUT2D eigenvalue weighted by Gasteiger charge is 2.40. The standard InChI is InChI=1S/C43H49FN10O4/c1-4-13-43(5-2)25-46-40(56)30-21-33(47-38(30)43)32-12-14-45-39(48-32)29-8-6-27(19-31(29)44)52-17-15-51(16-18-52)22-26-23-53(24-26)28-7-9-34-36(20-28)50(3)42(58)54(34)35-10-11-37(55)49-41(35)57/h6-9,12,14,19-21,26,35,47H,4-5,10-11,13,15-18,22-25H2,1-3H3,(H,46,56)(H,49,55,57). The van der Waals surface area contributed by atoms with Gasteiger partial charge in [-0.15, -0.1) is 0 Å². The number of halogens is 1. The van der Waals surface area contributed by atoms with E-state index < -0.39 is 11.9 Å². The van der Waals surface area contributed by atoms with Crippen LogP contribution in [-0.4, -0.2) is 99.1 Å². The van der Waals surface area contributed by atoms with Crippen LogP contribution in [0.15, 0.2) is 59.5 Å². The van der Waals surface area contributed by atoms with Crippen molar-refractivity contribution in [3.05, 3.63) is 82.3 Å². The lowest BCUT2D eigenvalue weighted by Gasteiger charge is -2.45. The molecule has 0 bridgehead atoms. The van der Waals surface area contributed by atoms with E-state index in [0.29, 0.717) is 47.0 Å². The van der Waals surface area contributed by atoms with Crippen LogP contribution in [0.3, 0.4) is 0 Å². The second-order valence-corrected chi connectivity index (χ2v) is 16.4. The quantitative estimate of drug-likeness (QED) is 0.175. The molecule has 302 valence electrons. The molecule has 0 saturated carbocycles. The summed E-state index contributed by atoms with van der Waals surface area (Å²) >= 11 is 0. The lowest BCUT2D eigenvalue weighted by Crippen LogP contribution is -2.55. The highest BCUT2D eigenvalue weighted by atomic mass is 19.1. The Kier molecular flexibility index (Phi) is 9.65. The summed E-state index contributed by atoms with van der Waals surface area (Å²) in [5.41, 5.74) is 6.14. The number of fused-ring (bicyclic) bond motifs is 2. The number of aryl methyl sites for hydroxylation is 1. The summed E-state index contributed by atoms with van der Waals surface area (Å²) in [4.78, 5) is 70.0. The number of hydrogen-bond donors (Lipinski definition) is 3. The fourth-order valence-corrected chi connectivity index (χ4v) is 9.54. The van der Waals surface area contributed by atoms with Crippen LogP contribution < -0.4 is 26.1 Å². The normalized spacial score (nSPS) is 21.6. The Morgan fingerprint density at radius 3 is 2.41 bits per heavy atom. The second-order valence-electron chi connectivity index (χ2n) is 16.4. The number of nitrogens with one attached hydrogen (secondary N) is 3. The predicted octanol–water partition coefficient (Wildman–Crippen LogP) is 4.36. The van der Waals surface area contributed by atoms with E-state index >= 15 is 4.39 Å². The maximum Gasteiger partial charge on any atom is 0.329 e. The van der Waals surface area contributed by atoms with Crippen molar-refractivity contribution in [2.75, 3.05) is 62.2 Å². The van der Waals surface area contributed by atoms with Gasteiger partial charge in [-0.05, 0) is 67.8 Å². The summed E-state index contributed by atoms with van der Waals surface area (Å²) in [6, 6.07) is 14.1. The molecule has 4 aliphatic heterocycles. The van der Waals surface area contributed by atoms with Crippen molar-refractivity contribution < 1.29 is 18.8 Å². The first-order valence-electron chi connectivity index (χ1n) is 20.5. The molecule has 5 aromatic rings. The number of H-pyrrole nitrogens is 1. The number of rotatable bonds is 10. The molecule has 3 amide bonds. The van der Waals surface area contributed by atoms with Crippen molar-refractivity contribution in [2.45, 2.75) is 57.4 Å². The minimum Gasteiger partial charge on any atom is -0.371 e. The van der Waals surface area contributed by atoms with Gasteiger partial charge in [0, 0.05) is 100 Å². The summed E-state index contributed by atoms with van der Waals surface area (Å²) in [5, 5.41) is 5.44. The van der Waals surface area contributed by atoms with Crippen molar-refractivity contribution in [1.82, 2.24) is 39.6 Å². The second kappa shape index (κ2) is 14.8. The van der Waals surface area contributed by atoms with E-state index in [4.69, 9.17) is 4.98 Å². The number of piperazine rings is 1. The van der Waals surface area contributed by atoms with Gasteiger partial charge < -0.3 is 20.1 Å². The van der Waals surface area contributed by atoms with Crippen molar-refractivity contribution >= 4 is 40.1 Å². The Labute approximate surface area is 335 Å². The van der Waals surface area contributed by atoms with Crippen LogP contribution >= 0.6 is 0 Å². The molecule has 0 aliphatic carbocycles. The molecule has 3 aromatic heterocycles. The minimum atomic E-state index is -0.702. The third-order valence-electron chi connectivity index (χ3n) is 12.9. The molecule has 3 fully saturated rings. The van der Waals surface area contributed by atoms with Crippen LogP contribution in [0.5, 0.6) is 0 Å². The van der Waals surface area contributed by atoms with Gasteiger partial charge in [0.05, 0.1) is 33.5 Å². The fraction of sp³-hybridized carbons (Fsp3) is 0.442. The number of carbonyl (C=O) groups excluding carboxylic acids is 3. The Balaban J connectivity index is 0.809. The van der Waals surface area contributed by atoms with Gasteiger partial charge in [0.1, 0.15) is 11.9 Å². The summed E-state index contributed by atoms with van der Waals surface area (Å²) in [5.74, 6) is -0.413. The van der Waals surface area contributed by atoms with Gasteiger partial charge in [-0.3, -0.25) is 33.7 Å². The van der Waals surface area contributed by atoms with Crippen LogP contribution in [0.2, 0.25) is 0 Å². The predicted molar refractivity (Wildman–Crippen MR) is 219 cm³/mol. The van der Waals surface area contributed by atoms with Crippen molar-refractivity contribution in [2.24, 2.45) is 13.0 Å². The number of aromatic nitrogens is 5. The molecule has 14 nitrogen and oxygen atoms in total. The first kappa shape index (κ1) is 37.7. The summed E-state index contributed by atoms with van der Waals surface area (Å²) in [7, 11) is 1.72. The van der Waals surface area contributed by atoms with E-state index in [2.05, 4.69) is 49.1 Å². The average molecular weight is 789 g/mol. The summed E-state index contributed by atoms with van der Waals surface area (Å²) in [6.07, 6.45) is 5.00. The molecule has 3 saturated heterocycles. The zero-order chi connectivity index (χ0) is 40.3. The van der Waals surface area contributed by atoms with Gasteiger partial charge in [0.15, 0.2) is 5.82 Å². The average Bonchev–Trinajstić information content (AvgIpc) is 3.78. The lowest BCUT2D eigenvalue weighted by molar-refractivity contribution is -0.135. The van der Waals surface area contributed by atoms with Crippen LogP contribution in [-0.2, 0) is 22.1 Å². The number of aromatic amines is 1. The third kappa shape index (κ3) is 6.54. The molecule has 2 unspecified atom stereocenters. The fourth-order valence-electron chi connectivity index (χ4n) is 9.54. The molecule has 58 heavy (non-hydrogen) atoms. The molecule has 2 atom stereocenters. The Morgan fingerprint density at radius 2 is 1.67 bits per heavy atom. The van der Waals surface area contributed by atoms with E-state index in [1.54, 1.807) is 36.0 Å². The van der Waals surface area contributed by atoms with Crippen molar-refractivity contribution in [3.63, 3.8) is 0 Å². The van der Waals surface area contributed by atoms with Gasteiger partial charge in [0.25, 0.3) is 5.91 Å². The molecule has 0 radical (unpaired) electrons. The van der Waals surface area contributed by atoms with E-state index in [-0.39, 0.29) is 35.2 Å². The molecule has 15 heteroatoms. The Bertz CT molecular complexity index is 2490. The van der Waals surface area contributed by atoms with E-state index in [1.165, 1.54) is 4.57 Å². The van der Waals surface area contributed by atoms with Gasteiger partial charge >= 0.3 is 5.69 Å². The van der Waals surface area contributed by atoms with Gasteiger partial charge in [-0.2, -0.15) is 0 Å². The zero-order valence-corrected chi connectivity index (χ0v) is 33.2. The first-order valence-corrected chi connectivity index (χ1v) is 20.5. The third-order valence-corrected chi connectivity index (χ3v) is 12.9. The monoisotopic (exact) mass is 788 g/mol. The van der Waals surface area contributed by atoms with Crippen LogP contribution in [0.1, 0.15) is 68.0 Å². The van der Waals surface area contributed by atoms with Crippen LogP contribution in [0, 0.1) is 11.7 Å². The van der Waals surface area contributed by atoms with Crippen LogP contribution in [0.4, 0.5) is 15.8 Å². The highest BCUT2D eigenvalue weighted by molar-refractivity contribution is 6.00. The molecule has 2 aromatic carbocycles. The number of benzene rings is 2. The molecule has 9 rings (SSSR count). The SMILES string of the molecule is CCCC1(CC)CNC(=O)c2cc(-c3ccnc(-c4ccc(N5CCN(CC6CN(c7ccc8c(c7)n(C)c(=O)n8C7CCC(=O)NC7=O)C6)CC5)cc4F)n3)[nH]c21. The summed E-state index contributed by atoms with van der Waals surface area (Å²) < 4.78 is 18.9. The van der Waals surface area contributed by atoms with Gasteiger partial charge in [-0.1, -0.05) is 20.3 Å². The maximum absolute atomic E-state index is 15.8. The lowest BCUT2D eigenvalue weighted by atomic mass is 9.74. The van der Waals surface area contributed by atoms with Crippen molar-refractivity contribution in [1.29, 1.82) is 0 Å². The van der Waals surface area contributed by atoms with Crippen molar-refractivity contribution in [3.8, 4) is 22.8 Å². The summed E-state index contributed by atoms with van der Waals surface area (Å²) in [6.45, 7) is 11.0. The molecular formula is C43H49FN10O4. The number of hydrogen-bond acceptors (Lipinski definition) is 9. The first-order chi connectivity index (χ1) is 28.1. The van der Waals surface area contributed by atoms with E-state index in [1.807, 2.05) is 30.3 Å². The maximum atomic E-state index is 15.8. The topological polar surface area (TPSA) is 153 Å². The molecule has 3 N–H and O–H groups in total. The number of amides is 3. The highest BCUT2D eigenvalue weighted by Crippen LogP contribution is 2.39. The largest absolute Gasteiger partial charge is 0.371 e. The Morgan fingerprint density at radius 1 is 0.897 bits per heavy atom. The van der Waals surface area contributed by atoms with Crippen LogP contribution in [0.25, 0.3) is 33.8 Å². The molecule has 7 heterocycles. The smallest absolute Gasteiger partial charge is 0.329 e. The molecular weight excluding hydrogens is 740 g/mol. The number of carbonyl (C=O) groups is 3. The number of imidazole rings is 1.